The molecule has 1 aromatic heterocycles. The fraction of sp³-hybridized carbons (Fsp3) is 0.200. The second-order valence-corrected chi connectivity index (χ2v) is 6.47. The normalized spacial score (nSPS) is 18.5. The summed E-state index contributed by atoms with van der Waals surface area (Å²) in [6, 6.07) is 13.8. The standard InChI is InChI=1S/C20H17FN2O3/c1-11-12-6-3-5-9-17(12)26-18(11)20(25)23-22-19(24)15-10-14(15)13-7-2-4-8-16(13)21/h2-9,14-15H,10H2,1H3,(H,22,24)(H,23,25). The monoisotopic (exact) mass is 352 g/mol. The predicted octanol–water partition coefficient (Wildman–Crippen LogP) is 3.45. The summed E-state index contributed by atoms with van der Waals surface area (Å²) < 4.78 is 19.3. The summed E-state index contributed by atoms with van der Waals surface area (Å²) in [5, 5.41) is 0.853. The molecule has 2 amide bonds. The van der Waals surface area contributed by atoms with E-state index < -0.39 is 5.91 Å². The third kappa shape index (κ3) is 2.83. The van der Waals surface area contributed by atoms with Crippen LogP contribution in [0.15, 0.2) is 52.9 Å². The molecule has 2 aromatic carbocycles. The highest BCUT2D eigenvalue weighted by Gasteiger charge is 2.45. The van der Waals surface area contributed by atoms with Gasteiger partial charge in [0.15, 0.2) is 5.76 Å². The molecule has 2 unspecified atom stereocenters. The van der Waals surface area contributed by atoms with Gasteiger partial charge in [0.1, 0.15) is 11.4 Å². The highest BCUT2D eigenvalue weighted by atomic mass is 19.1. The zero-order valence-corrected chi connectivity index (χ0v) is 14.1. The number of carbonyl (C=O) groups is 2. The van der Waals surface area contributed by atoms with Crippen LogP contribution in [0.3, 0.4) is 0 Å². The fourth-order valence-electron chi connectivity index (χ4n) is 3.26. The first-order chi connectivity index (χ1) is 12.6. The lowest BCUT2D eigenvalue weighted by atomic mass is 10.1. The topological polar surface area (TPSA) is 71.3 Å². The second kappa shape index (κ2) is 6.29. The lowest BCUT2D eigenvalue weighted by Gasteiger charge is -2.06. The Morgan fingerprint density at radius 1 is 1.08 bits per heavy atom. The van der Waals surface area contributed by atoms with Gasteiger partial charge in [0, 0.05) is 16.9 Å². The summed E-state index contributed by atoms with van der Waals surface area (Å²) in [5.74, 6) is -1.50. The Labute approximate surface area is 149 Å². The molecule has 1 heterocycles. The molecule has 1 saturated carbocycles. The molecule has 4 rings (SSSR count). The van der Waals surface area contributed by atoms with Gasteiger partial charge in [0.25, 0.3) is 0 Å². The van der Waals surface area contributed by atoms with E-state index in [9.17, 15) is 14.0 Å². The van der Waals surface area contributed by atoms with E-state index in [1.54, 1.807) is 31.2 Å². The molecule has 5 nitrogen and oxygen atoms in total. The van der Waals surface area contributed by atoms with E-state index in [2.05, 4.69) is 10.9 Å². The Bertz CT molecular complexity index is 1010. The third-order valence-corrected chi connectivity index (χ3v) is 4.78. The highest BCUT2D eigenvalue weighted by Crippen LogP contribution is 2.48. The van der Waals surface area contributed by atoms with Crippen molar-refractivity contribution in [3.8, 4) is 0 Å². The van der Waals surface area contributed by atoms with Crippen molar-refractivity contribution in [1.82, 2.24) is 10.9 Å². The van der Waals surface area contributed by atoms with Crippen molar-refractivity contribution in [2.75, 3.05) is 0 Å². The van der Waals surface area contributed by atoms with Gasteiger partial charge in [0.05, 0.1) is 0 Å². The number of hydrogen-bond donors (Lipinski definition) is 2. The van der Waals surface area contributed by atoms with Crippen LogP contribution in [0.1, 0.15) is 34.0 Å². The molecule has 1 aliphatic carbocycles. The minimum Gasteiger partial charge on any atom is -0.451 e. The Morgan fingerprint density at radius 3 is 2.58 bits per heavy atom. The van der Waals surface area contributed by atoms with Gasteiger partial charge in [0.2, 0.25) is 5.91 Å². The van der Waals surface area contributed by atoms with Gasteiger partial charge in [-0.25, -0.2) is 4.39 Å². The van der Waals surface area contributed by atoms with Crippen LogP contribution >= 0.6 is 0 Å². The number of hydrazine groups is 1. The first kappa shape index (κ1) is 16.3. The smallest absolute Gasteiger partial charge is 0.305 e. The van der Waals surface area contributed by atoms with Crippen molar-refractivity contribution in [1.29, 1.82) is 0 Å². The maximum absolute atomic E-state index is 13.8. The lowest BCUT2D eigenvalue weighted by Crippen LogP contribution is -2.42. The minimum atomic E-state index is -0.518. The molecule has 0 bridgehead atoms. The van der Waals surface area contributed by atoms with Gasteiger partial charge < -0.3 is 4.42 Å². The molecule has 2 atom stereocenters. The number of halogens is 1. The van der Waals surface area contributed by atoms with E-state index in [0.29, 0.717) is 23.1 Å². The van der Waals surface area contributed by atoms with Crippen LogP contribution in [0, 0.1) is 18.7 Å². The summed E-state index contributed by atoms with van der Waals surface area (Å²) in [4.78, 5) is 24.5. The largest absolute Gasteiger partial charge is 0.451 e. The molecule has 0 aliphatic heterocycles. The molecule has 1 aliphatic rings. The number of aryl methyl sites for hydroxylation is 1. The molecule has 0 radical (unpaired) electrons. The number of rotatable bonds is 3. The average Bonchev–Trinajstić information content (AvgIpc) is 3.38. The summed E-state index contributed by atoms with van der Waals surface area (Å²) in [6.07, 6.45) is 0.562. The number of carbonyl (C=O) groups excluding carboxylic acids is 2. The maximum Gasteiger partial charge on any atom is 0.305 e. The van der Waals surface area contributed by atoms with Crippen LogP contribution in [0.5, 0.6) is 0 Å². The molecular weight excluding hydrogens is 335 g/mol. The summed E-state index contributed by atoms with van der Waals surface area (Å²) in [7, 11) is 0. The molecule has 1 fully saturated rings. The number of amides is 2. The molecule has 132 valence electrons. The van der Waals surface area contributed by atoms with Crippen LogP contribution in [0.2, 0.25) is 0 Å². The van der Waals surface area contributed by atoms with Crippen molar-refractivity contribution >= 4 is 22.8 Å². The van der Waals surface area contributed by atoms with E-state index in [-0.39, 0.29) is 29.3 Å². The summed E-state index contributed by atoms with van der Waals surface area (Å²) >= 11 is 0. The van der Waals surface area contributed by atoms with Gasteiger partial charge in [-0.15, -0.1) is 0 Å². The van der Waals surface area contributed by atoms with Crippen molar-refractivity contribution in [2.24, 2.45) is 5.92 Å². The molecule has 3 aromatic rings. The van der Waals surface area contributed by atoms with Crippen molar-refractivity contribution < 1.29 is 18.4 Å². The van der Waals surface area contributed by atoms with Crippen LogP contribution in [-0.2, 0) is 4.79 Å². The molecule has 0 spiro atoms. The number of hydrogen-bond acceptors (Lipinski definition) is 3. The van der Waals surface area contributed by atoms with Crippen LogP contribution in [0.4, 0.5) is 4.39 Å². The summed E-state index contributed by atoms with van der Waals surface area (Å²) in [5.41, 5.74) is 6.65. The molecular formula is C20H17FN2O3. The first-order valence-corrected chi connectivity index (χ1v) is 8.39. The number of furan rings is 1. The van der Waals surface area contributed by atoms with E-state index in [1.807, 2.05) is 18.2 Å². The minimum absolute atomic E-state index is 0.152. The van der Waals surface area contributed by atoms with Crippen LogP contribution in [0.25, 0.3) is 11.0 Å². The zero-order chi connectivity index (χ0) is 18.3. The molecule has 2 N–H and O–H groups in total. The van der Waals surface area contributed by atoms with E-state index in [0.717, 1.165) is 5.39 Å². The van der Waals surface area contributed by atoms with Crippen molar-refractivity contribution in [3.05, 3.63) is 71.2 Å². The number of fused-ring (bicyclic) bond motifs is 1. The van der Waals surface area contributed by atoms with Gasteiger partial charge in [-0.1, -0.05) is 36.4 Å². The lowest BCUT2D eigenvalue weighted by molar-refractivity contribution is -0.123. The Balaban J connectivity index is 1.40. The van der Waals surface area contributed by atoms with Crippen LogP contribution in [-0.4, -0.2) is 11.8 Å². The van der Waals surface area contributed by atoms with E-state index in [4.69, 9.17) is 4.42 Å². The maximum atomic E-state index is 13.8. The Kier molecular flexibility index (Phi) is 3.95. The van der Waals surface area contributed by atoms with E-state index >= 15 is 0 Å². The molecule has 26 heavy (non-hydrogen) atoms. The van der Waals surface area contributed by atoms with Crippen molar-refractivity contribution in [2.45, 2.75) is 19.3 Å². The fourth-order valence-corrected chi connectivity index (χ4v) is 3.26. The van der Waals surface area contributed by atoms with Gasteiger partial charge in [-0.3, -0.25) is 20.4 Å². The number of para-hydroxylation sites is 1. The third-order valence-electron chi connectivity index (χ3n) is 4.78. The van der Waals surface area contributed by atoms with E-state index in [1.165, 1.54) is 6.07 Å². The van der Waals surface area contributed by atoms with Gasteiger partial charge in [-0.2, -0.15) is 0 Å². The van der Waals surface area contributed by atoms with Crippen LogP contribution < -0.4 is 10.9 Å². The number of nitrogens with one attached hydrogen (secondary N) is 2. The first-order valence-electron chi connectivity index (χ1n) is 8.39. The Morgan fingerprint density at radius 2 is 1.81 bits per heavy atom. The summed E-state index contributed by atoms with van der Waals surface area (Å²) in [6.45, 7) is 1.79. The molecule has 0 saturated heterocycles. The van der Waals surface area contributed by atoms with Crippen molar-refractivity contribution in [3.63, 3.8) is 0 Å². The Hall–Kier alpha value is -3.15. The second-order valence-electron chi connectivity index (χ2n) is 6.47. The average molecular weight is 352 g/mol. The highest BCUT2D eigenvalue weighted by molar-refractivity contribution is 5.99. The van der Waals surface area contributed by atoms with Gasteiger partial charge in [-0.05, 0) is 37.0 Å². The predicted molar refractivity (Wildman–Crippen MR) is 93.8 cm³/mol. The SMILES string of the molecule is Cc1c(C(=O)NNC(=O)C2CC2c2ccccc2F)oc2ccccc12. The van der Waals surface area contributed by atoms with Gasteiger partial charge >= 0.3 is 5.91 Å². The molecule has 6 heteroatoms. The zero-order valence-electron chi connectivity index (χ0n) is 14.1. The quantitative estimate of drug-likeness (QED) is 0.709. The number of benzene rings is 2.